The van der Waals surface area contributed by atoms with Gasteiger partial charge < -0.3 is 13.7 Å². The molecular weight excluding hydrogens is 1080 g/mol. The largest absolute Gasteiger partial charge is 0.308 e. The summed E-state index contributed by atoms with van der Waals surface area (Å²) in [7, 11) is 0. The second kappa shape index (κ2) is 18.4. The summed E-state index contributed by atoms with van der Waals surface area (Å²) >= 11 is 3.32. The van der Waals surface area contributed by atoms with Gasteiger partial charge >= 0.3 is 0 Å². The fraction of sp³-hybridized carbons (Fsp3) is 0. The molecule has 0 fully saturated rings. The maximum Gasteiger partial charge on any atom is 0.104 e. The summed E-state index contributed by atoms with van der Waals surface area (Å²) in [5.41, 5.74) is 11.5. The van der Waals surface area contributed by atoms with Gasteiger partial charge in [-0.3, -0.25) is 0 Å². The maximum atomic E-state index is 13.0. The molecule has 0 spiro atoms. The molecule has 0 atom stereocenters. The van der Waals surface area contributed by atoms with Crippen molar-refractivity contribution in [2.24, 2.45) is 0 Å². The Hall–Kier alpha value is -12.3. The Bertz CT molecular complexity index is 5590. The first-order valence-corrected chi connectivity index (χ1v) is 28.6. The summed E-state index contributed by atoms with van der Waals surface area (Å²) in [6, 6.07) is 79.8. The topological polar surface area (TPSA) is 181 Å². The minimum atomic E-state index is 0.268. The average Bonchev–Trinajstić information content (AvgIpc) is 1.67. The van der Waals surface area contributed by atoms with Gasteiger partial charge in [-0.2, -0.15) is 36.8 Å². The Morgan fingerprint density at radius 3 is 0.835 bits per heavy atom. The molecule has 85 heavy (non-hydrogen) atoms. The monoisotopic (exact) mass is 1110 g/mol. The van der Waals surface area contributed by atoms with Crippen molar-refractivity contribution in [3.8, 4) is 81.8 Å². The van der Waals surface area contributed by atoms with Crippen molar-refractivity contribution < 1.29 is 0 Å². The number of rotatable bonds is 5. The van der Waals surface area contributed by atoms with Crippen LogP contribution in [-0.4, -0.2) is 13.7 Å². The predicted octanol–water partition coefficient (Wildman–Crippen LogP) is 18.1. The minimum Gasteiger partial charge on any atom is -0.308 e. The highest BCUT2D eigenvalue weighted by molar-refractivity contribution is 7.26. The Balaban J connectivity index is 1.28. The zero-order chi connectivity index (χ0) is 57.4. The van der Waals surface area contributed by atoms with Gasteiger partial charge in [0.25, 0.3) is 0 Å². The van der Waals surface area contributed by atoms with Gasteiger partial charge in [0.1, 0.15) is 11.6 Å². The SMILES string of the molecule is N#Cc1ccc2c(c1)c1cc(C#N)ccc1n2-c1c(C#N)c(-n2c3ccc(C#N)cc3c3cc(C#N)ccc32)c(-c2cccc3c2sc2ccccc23)c(-n2c3ccc(C#N)cc3c3cc(C#N)ccc32)c1-c1cccc2c1sc1ccccc12. The first kappa shape index (κ1) is 48.6. The quantitative estimate of drug-likeness (QED) is 0.164. The van der Waals surface area contributed by atoms with Crippen LogP contribution in [-0.2, 0) is 0 Å². The van der Waals surface area contributed by atoms with Crippen molar-refractivity contribution in [1.82, 2.24) is 13.7 Å². The zero-order valence-corrected chi connectivity index (χ0v) is 45.9. The molecule has 0 saturated heterocycles. The highest BCUT2D eigenvalue weighted by atomic mass is 32.1. The van der Waals surface area contributed by atoms with Crippen LogP contribution in [0.25, 0.3) is 145 Å². The summed E-state index contributed by atoms with van der Waals surface area (Å²) in [6.45, 7) is 0. The van der Waals surface area contributed by atoms with Crippen molar-refractivity contribution >= 4 is 128 Å². The van der Waals surface area contributed by atoms with Crippen molar-refractivity contribution in [2.75, 3.05) is 0 Å². The normalized spacial score (nSPS) is 11.4. The molecule has 0 aliphatic rings. The number of hydrogen-bond donors (Lipinski definition) is 0. The van der Waals surface area contributed by atoms with E-state index in [9.17, 15) is 36.8 Å². The molecule has 16 aromatic rings. The Morgan fingerprint density at radius 1 is 0.259 bits per heavy atom. The molecule has 16 rings (SSSR count). The predicted molar refractivity (Wildman–Crippen MR) is 339 cm³/mol. The molecular formula is C73H32N10S2. The Labute approximate surface area is 490 Å². The van der Waals surface area contributed by atoms with E-state index < -0.39 is 0 Å². The van der Waals surface area contributed by atoms with Gasteiger partial charge in [-0.1, -0.05) is 72.8 Å². The fourth-order valence-electron chi connectivity index (χ4n) is 13.1. The van der Waals surface area contributed by atoms with Crippen molar-refractivity contribution in [3.05, 3.63) is 233 Å². The highest BCUT2D eigenvalue weighted by Gasteiger charge is 2.36. The van der Waals surface area contributed by atoms with Crippen LogP contribution < -0.4 is 0 Å². The van der Waals surface area contributed by atoms with Crippen LogP contribution in [0.1, 0.15) is 38.9 Å². The molecule has 0 N–H and O–H groups in total. The molecule has 0 unspecified atom stereocenters. The smallest absolute Gasteiger partial charge is 0.104 e. The van der Waals surface area contributed by atoms with E-state index in [4.69, 9.17) is 0 Å². The lowest BCUT2D eigenvalue weighted by atomic mass is 9.87. The zero-order valence-electron chi connectivity index (χ0n) is 44.3. The van der Waals surface area contributed by atoms with Gasteiger partial charge in [0.2, 0.25) is 0 Å². The number of benzene rings is 11. The molecule has 5 aromatic heterocycles. The van der Waals surface area contributed by atoms with Gasteiger partial charge in [-0.25, -0.2) is 0 Å². The molecule has 0 saturated carbocycles. The van der Waals surface area contributed by atoms with E-state index in [-0.39, 0.29) is 5.56 Å². The summed E-state index contributed by atoms with van der Waals surface area (Å²) in [4.78, 5) is 0. The summed E-state index contributed by atoms with van der Waals surface area (Å²) in [5, 5.41) is 84.7. The van der Waals surface area contributed by atoms with E-state index in [1.54, 1.807) is 46.9 Å². The number of thiophene rings is 2. The molecule has 12 heteroatoms. The van der Waals surface area contributed by atoms with Crippen LogP contribution >= 0.6 is 22.7 Å². The molecule has 0 radical (unpaired) electrons. The van der Waals surface area contributed by atoms with E-state index in [0.29, 0.717) is 105 Å². The van der Waals surface area contributed by atoms with E-state index >= 15 is 0 Å². The minimum absolute atomic E-state index is 0.268. The van der Waals surface area contributed by atoms with E-state index in [1.165, 1.54) is 0 Å². The third-order valence-corrected chi connectivity index (χ3v) is 19.1. The summed E-state index contributed by atoms with van der Waals surface area (Å²) in [5.74, 6) is 0. The van der Waals surface area contributed by atoms with E-state index in [0.717, 1.165) is 73.3 Å². The van der Waals surface area contributed by atoms with Crippen LogP contribution in [0, 0.1) is 79.3 Å². The molecule has 0 aliphatic heterocycles. The maximum absolute atomic E-state index is 13.0. The molecule has 11 aromatic carbocycles. The second-order valence-corrected chi connectivity index (χ2v) is 23.0. The number of aromatic nitrogens is 3. The van der Waals surface area contributed by atoms with Crippen LogP contribution in [0.4, 0.5) is 0 Å². The third kappa shape index (κ3) is 6.84. The van der Waals surface area contributed by atoms with Gasteiger partial charge in [0.15, 0.2) is 0 Å². The second-order valence-electron chi connectivity index (χ2n) is 20.9. The third-order valence-electron chi connectivity index (χ3n) is 16.6. The number of hydrogen-bond acceptors (Lipinski definition) is 9. The number of nitrogens with zero attached hydrogens (tertiary/aromatic N) is 10. The first-order valence-electron chi connectivity index (χ1n) is 27.0. The lowest BCUT2D eigenvalue weighted by molar-refractivity contribution is 1.09. The van der Waals surface area contributed by atoms with Crippen molar-refractivity contribution in [2.45, 2.75) is 0 Å². The summed E-state index contributed by atoms with van der Waals surface area (Å²) in [6.07, 6.45) is 0. The average molecular weight is 1110 g/mol. The molecule has 5 heterocycles. The Morgan fingerprint density at radius 2 is 0.541 bits per heavy atom. The van der Waals surface area contributed by atoms with Gasteiger partial charge in [0, 0.05) is 94.9 Å². The van der Waals surface area contributed by atoms with E-state index in [2.05, 4.69) is 117 Å². The van der Waals surface area contributed by atoms with Crippen molar-refractivity contribution in [1.29, 1.82) is 36.8 Å². The van der Waals surface area contributed by atoms with Gasteiger partial charge in [-0.05, 0) is 121 Å². The first-order chi connectivity index (χ1) is 41.8. The summed E-state index contributed by atoms with van der Waals surface area (Å²) < 4.78 is 10.5. The van der Waals surface area contributed by atoms with Gasteiger partial charge in [-0.15, -0.1) is 22.7 Å². The molecule has 0 bridgehead atoms. The molecule has 10 nitrogen and oxygen atoms in total. The van der Waals surface area contributed by atoms with Crippen LogP contribution in [0.3, 0.4) is 0 Å². The van der Waals surface area contributed by atoms with Crippen molar-refractivity contribution in [3.63, 3.8) is 0 Å². The molecule has 386 valence electrons. The molecule has 0 aliphatic carbocycles. The lowest BCUT2D eigenvalue weighted by Crippen LogP contribution is -2.13. The van der Waals surface area contributed by atoms with Gasteiger partial charge in [0.05, 0.1) is 120 Å². The lowest BCUT2D eigenvalue weighted by Gasteiger charge is -2.29. The van der Waals surface area contributed by atoms with E-state index in [1.807, 2.05) is 109 Å². The number of fused-ring (bicyclic) bond motifs is 15. The fourth-order valence-corrected chi connectivity index (χ4v) is 15.5. The highest BCUT2D eigenvalue weighted by Crippen LogP contribution is 2.56. The molecule has 0 amide bonds. The Kier molecular flexibility index (Phi) is 10.5. The number of nitriles is 7. The standard InChI is InChI=1S/C73H32N10S2/c74-33-40-15-21-59-52(27-40)53-28-41(34-75)16-22-60(53)81(59)69-58(39-80)70(82-61-23-17-42(35-76)29-54(61)55-30-43(36-77)18-24-62(55)82)68(51-12-6-10-49-47-8-2-4-14-66(47)85-73(49)51)71(67(69)50-11-5-9-48-46-7-1-3-13-65(46)84-72(48)50)83-63-25-19-44(37-78)31-56(63)57-32-45(38-79)20-26-64(57)83/h1-32H. The van der Waals surface area contributed by atoms with Crippen LogP contribution in [0.5, 0.6) is 0 Å². The van der Waals surface area contributed by atoms with Crippen LogP contribution in [0.15, 0.2) is 194 Å². The van der Waals surface area contributed by atoms with Crippen LogP contribution in [0.2, 0.25) is 0 Å².